The largest absolute Gasteiger partial charge is 0.476 e. The lowest BCUT2D eigenvalue weighted by Gasteiger charge is -2.07. The molecule has 2 heterocycles. The summed E-state index contributed by atoms with van der Waals surface area (Å²) in [6, 6.07) is 3.04. The number of anilines is 1. The summed E-state index contributed by atoms with van der Waals surface area (Å²) in [7, 11) is -4.07. The van der Waals surface area contributed by atoms with E-state index in [1.165, 1.54) is 19.2 Å². The van der Waals surface area contributed by atoms with Crippen LogP contribution in [0.1, 0.15) is 16.2 Å². The molecule has 0 spiro atoms. The van der Waals surface area contributed by atoms with Crippen LogP contribution in [0, 0.1) is 6.92 Å². The van der Waals surface area contributed by atoms with Gasteiger partial charge in [0.2, 0.25) is 0 Å². The molecule has 0 radical (unpaired) electrons. The predicted octanol–water partition coefficient (Wildman–Crippen LogP) is 1.37. The summed E-state index contributed by atoms with van der Waals surface area (Å²) in [6.45, 7) is 1.42. The summed E-state index contributed by atoms with van der Waals surface area (Å²) in [5.74, 6) is -1.43. The molecule has 0 aliphatic carbocycles. The number of hydrogen-bond donors (Lipinski definition) is 3. The minimum atomic E-state index is -4.07. The van der Waals surface area contributed by atoms with Crippen LogP contribution in [0.3, 0.4) is 0 Å². The van der Waals surface area contributed by atoms with E-state index in [2.05, 4.69) is 35.8 Å². The first-order valence-electron chi connectivity index (χ1n) is 5.24. The van der Waals surface area contributed by atoms with E-state index in [4.69, 9.17) is 5.11 Å². The first-order chi connectivity index (χ1) is 9.31. The molecule has 0 amide bonds. The molecule has 10 heteroatoms. The first kappa shape index (κ1) is 14.5. The summed E-state index contributed by atoms with van der Waals surface area (Å²) < 4.78 is 27.2. The molecule has 0 saturated carbocycles. The molecule has 0 atom stereocenters. The number of aromatic carboxylic acids is 1. The maximum absolute atomic E-state index is 12.2. The normalized spacial score (nSPS) is 11.3. The van der Waals surface area contributed by atoms with Crippen molar-refractivity contribution >= 4 is 37.6 Å². The molecule has 0 fully saturated rings. The molecule has 0 unspecified atom stereocenters. The third kappa shape index (κ3) is 2.80. The number of nitrogens with one attached hydrogen (secondary N) is 2. The molecule has 2 rings (SSSR count). The minimum absolute atomic E-state index is 0.139. The average molecular weight is 361 g/mol. The number of hydrogen-bond acceptors (Lipinski definition) is 5. The van der Waals surface area contributed by atoms with E-state index in [9.17, 15) is 13.2 Å². The van der Waals surface area contributed by atoms with Gasteiger partial charge in [-0.25, -0.2) is 18.2 Å². The molecule has 0 aromatic carbocycles. The average Bonchev–Trinajstić information content (AvgIpc) is 2.75. The van der Waals surface area contributed by atoms with Gasteiger partial charge >= 0.3 is 5.97 Å². The second-order valence-electron chi connectivity index (χ2n) is 3.81. The topological polar surface area (TPSA) is 125 Å². The van der Waals surface area contributed by atoms with Gasteiger partial charge in [-0.2, -0.15) is 5.10 Å². The Bertz CT molecular complexity index is 754. The summed E-state index contributed by atoms with van der Waals surface area (Å²) in [5.41, 5.74) is -0.204. The van der Waals surface area contributed by atoms with Crippen molar-refractivity contribution in [2.75, 3.05) is 4.72 Å². The number of nitrogens with zero attached hydrogens (tertiary/aromatic N) is 2. The lowest BCUT2D eigenvalue weighted by molar-refractivity contribution is 0.0686. The Kier molecular flexibility index (Phi) is 3.77. The highest BCUT2D eigenvalue weighted by molar-refractivity contribution is 9.10. The highest BCUT2D eigenvalue weighted by Crippen LogP contribution is 2.21. The van der Waals surface area contributed by atoms with Crippen LogP contribution in [-0.4, -0.2) is 34.7 Å². The number of aryl methyl sites for hydroxylation is 1. The Hall–Kier alpha value is -1.94. The quantitative estimate of drug-likeness (QED) is 0.707. The monoisotopic (exact) mass is 360 g/mol. The maximum Gasteiger partial charge on any atom is 0.357 e. The van der Waals surface area contributed by atoms with E-state index in [0.29, 0.717) is 4.60 Å². The van der Waals surface area contributed by atoms with Crippen molar-refractivity contribution in [3.8, 4) is 0 Å². The van der Waals surface area contributed by atoms with Crippen LogP contribution in [0.5, 0.6) is 0 Å². The predicted molar refractivity (Wildman–Crippen MR) is 73.0 cm³/mol. The van der Waals surface area contributed by atoms with Gasteiger partial charge in [0, 0.05) is 0 Å². The maximum atomic E-state index is 12.2. The zero-order valence-corrected chi connectivity index (χ0v) is 12.5. The Labute approximate surface area is 122 Å². The third-order valence-electron chi connectivity index (χ3n) is 2.34. The number of H-pyrrole nitrogens is 1. The summed E-state index contributed by atoms with van der Waals surface area (Å²) in [6.07, 6.45) is 1.30. The fraction of sp³-hybridized carbons (Fsp3) is 0.100. The van der Waals surface area contributed by atoms with Gasteiger partial charge < -0.3 is 5.11 Å². The third-order valence-corrected chi connectivity index (χ3v) is 4.35. The Morgan fingerprint density at radius 1 is 1.45 bits per heavy atom. The highest BCUT2D eigenvalue weighted by atomic mass is 79.9. The number of aromatic amines is 1. The van der Waals surface area contributed by atoms with E-state index in [-0.39, 0.29) is 11.4 Å². The lowest BCUT2D eigenvalue weighted by atomic mass is 10.4. The Morgan fingerprint density at radius 2 is 2.15 bits per heavy atom. The smallest absolute Gasteiger partial charge is 0.357 e. The zero-order valence-electron chi connectivity index (χ0n) is 10.1. The van der Waals surface area contributed by atoms with E-state index < -0.39 is 26.6 Å². The van der Waals surface area contributed by atoms with Gasteiger partial charge in [0.05, 0.1) is 17.6 Å². The molecule has 0 saturated heterocycles. The molecule has 2 aromatic rings. The van der Waals surface area contributed by atoms with E-state index in [0.717, 1.165) is 0 Å². The van der Waals surface area contributed by atoms with Crippen LogP contribution in [-0.2, 0) is 10.0 Å². The molecule has 3 N–H and O–H groups in total. The second-order valence-corrected chi connectivity index (χ2v) is 6.24. The van der Waals surface area contributed by atoms with Gasteiger partial charge in [-0.1, -0.05) is 0 Å². The fourth-order valence-corrected chi connectivity index (χ4v) is 3.14. The van der Waals surface area contributed by atoms with Crippen LogP contribution < -0.4 is 4.72 Å². The van der Waals surface area contributed by atoms with Crippen LogP contribution in [0.2, 0.25) is 0 Å². The van der Waals surface area contributed by atoms with Crippen molar-refractivity contribution in [3.63, 3.8) is 0 Å². The first-order valence-corrected chi connectivity index (χ1v) is 7.51. The van der Waals surface area contributed by atoms with Crippen molar-refractivity contribution in [1.82, 2.24) is 15.2 Å². The van der Waals surface area contributed by atoms with Crippen molar-refractivity contribution in [2.24, 2.45) is 0 Å². The molecule has 0 aliphatic heterocycles. The van der Waals surface area contributed by atoms with E-state index in [1.807, 2.05) is 0 Å². The van der Waals surface area contributed by atoms with Crippen LogP contribution in [0.15, 0.2) is 27.8 Å². The van der Waals surface area contributed by atoms with Crippen LogP contribution >= 0.6 is 15.9 Å². The zero-order chi connectivity index (χ0) is 14.9. The van der Waals surface area contributed by atoms with Crippen molar-refractivity contribution < 1.29 is 18.3 Å². The summed E-state index contributed by atoms with van der Waals surface area (Å²) in [5, 5.41) is 14.8. The van der Waals surface area contributed by atoms with Gasteiger partial charge in [0.25, 0.3) is 10.0 Å². The lowest BCUT2D eigenvalue weighted by Crippen LogP contribution is -2.17. The fourth-order valence-electron chi connectivity index (χ4n) is 1.54. The number of carbonyl (C=O) groups is 1. The number of rotatable bonds is 4. The number of carboxylic acid groups (broad SMARTS) is 1. The van der Waals surface area contributed by atoms with Gasteiger partial charge in [-0.05, 0) is 35.0 Å². The molecule has 0 bridgehead atoms. The number of pyridine rings is 1. The molecule has 8 nitrogen and oxygen atoms in total. The molecular formula is C10H9BrN4O4S. The molecular weight excluding hydrogens is 352 g/mol. The Balaban J connectivity index is 2.43. The SMILES string of the molecule is Cc1[nH]nc(C(=O)O)c1S(=O)(=O)Nc1ccc(Br)nc1. The molecule has 0 aliphatic rings. The summed E-state index contributed by atoms with van der Waals surface area (Å²) in [4.78, 5) is 14.5. The van der Waals surface area contributed by atoms with Crippen LogP contribution in [0.25, 0.3) is 0 Å². The number of carboxylic acids is 1. The van der Waals surface area contributed by atoms with Gasteiger partial charge in [0.15, 0.2) is 5.69 Å². The highest BCUT2D eigenvalue weighted by Gasteiger charge is 2.28. The summed E-state index contributed by atoms with van der Waals surface area (Å²) >= 11 is 3.13. The number of halogens is 1. The van der Waals surface area contributed by atoms with Gasteiger partial charge in [-0.3, -0.25) is 9.82 Å². The Morgan fingerprint density at radius 3 is 2.70 bits per heavy atom. The number of sulfonamides is 1. The number of aromatic nitrogens is 3. The standard InChI is InChI=1S/C10H9BrN4O4S/c1-5-9(8(10(16)17)14-13-5)20(18,19)15-6-2-3-7(11)12-4-6/h2-4,15H,1H3,(H,13,14)(H,16,17). The van der Waals surface area contributed by atoms with E-state index >= 15 is 0 Å². The van der Waals surface area contributed by atoms with Crippen molar-refractivity contribution in [2.45, 2.75) is 11.8 Å². The van der Waals surface area contributed by atoms with Gasteiger partial charge in [0.1, 0.15) is 9.50 Å². The van der Waals surface area contributed by atoms with Gasteiger partial charge in [-0.15, -0.1) is 0 Å². The molecule has 106 valence electrons. The van der Waals surface area contributed by atoms with E-state index in [1.54, 1.807) is 6.07 Å². The van der Waals surface area contributed by atoms with Crippen molar-refractivity contribution in [1.29, 1.82) is 0 Å². The van der Waals surface area contributed by atoms with Crippen molar-refractivity contribution in [3.05, 3.63) is 34.3 Å². The molecule has 20 heavy (non-hydrogen) atoms. The minimum Gasteiger partial charge on any atom is -0.476 e. The molecule has 2 aromatic heterocycles. The second kappa shape index (κ2) is 5.21. The van der Waals surface area contributed by atoms with Crippen LogP contribution in [0.4, 0.5) is 5.69 Å².